The molecule has 1 unspecified atom stereocenters. The molecule has 0 radical (unpaired) electrons. The van der Waals surface area contributed by atoms with Crippen molar-refractivity contribution in [2.45, 2.75) is 13.0 Å². The number of nitrogens with two attached hydrogens (primary N) is 1. The van der Waals surface area contributed by atoms with Gasteiger partial charge >= 0.3 is 0 Å². The number of amides is 2. The Morgan fingerprint density at radius 3 is 2.66 bits per heavy atom. The number of morpholine rings is 1. The second-order valence-electron chi connectivity index (χ2n) is 6.33. The van der Waals surface area contributed by atoms with Gasteiger partial charge < -0.3 is 25.8 Å². The lowest BCUT2D eigenvalue weighted by atomic mass is 10.1. The zero-order valence-electron chi connectivity index (χ0n) is 16.1. The molecule has 0 bridgehead atoms. The number of nitrogen functional groups attached to an aromatic ring is 1. The van der Waals surface area contributed by atoms with Crippen LogP contribution < -0.4 is 11.1 Å². The lowest BCUT2D eigenvalue weighted by Crippen LogP contribution is -2.49. The van der Waals surface area contributed by atoms with Crippen LogP contribution in [-0.2, 0) is 14.3 Å². The number of hydrogen-bond acceptors (Lipinski definition) is 6. The topological polar surface area (TPSA) is 135 Å². The Morgan fingerprint density at radius 2 is 2.03 bits per heavy atom. The molecule has 1 aromatic carbocycles. The normalized spacial score (nSPS) is 15.6. The smallest absolute Gasteiger partial charge is 0.290 e. The van der Waals surface area contributed by atoms with Gasteiger partial charge in [0.1, 0.15) is 0 Å². The molecule has 29 heavy (non-hydrogen) atoms. The number of aromatic nitrogens is 1. The summed E-state index contributed by atoms with van der Waals surface area (Å²) in [5, 5.41) is 9.75. The fraction of sp³-hybridized carbons (Fsp3) is 0.300. The van der Waals surface area contributed by atoms with Gasteiger partial charge in [0.2, 0.25) is 5.91 Å². The Bertz CT molecular complexity index is 841. The van der Waals surface area contributed by atoms with Crippen LogP contribution in [0, 0.1) is 0 Å². The molecule has 1 aliphatic heterocycles. The summed E-state index contributed by atoms with van der Waals surface area (Å²) in [5.41, 5.74) is 8.62. The highest BCUT2D eigenvalue weighted by Gasteiger charge is 2.22. The van der Waals surface area contributed by atoms with Crippen molar-refractivity contribution in [3.8, 4) is 11.3 Å². The third-order valence-corrected chi connectivity index (χ3v) is 4.30. The zero-order chi connectivity index (χ0) is 21.2. The first-order valence-electron chi connectivity index (χ1n) is 8.99. The molecule has 1 aromatic heterocycles. The summed E-state index contributed by atoms with van der Waals surface area (Å²) in [7, 11) is 0. The molecule has 0 spiro atoms. The number of pyridine rings is 1. The minimum absolute atomic E-state index is 0.0235. The van der Waals surface area contributed by atoms with Gasteiger partial charge in [-0.05, 0) is 24.3 Å². The summed E-state index contributed by atoms with van der Waals surface area (Å²) in [6.07, 6.45) is 1.46. The molecule has 0 saturated carbocycles. The second-order valence-corrected chi connectivity index (χ2v) is 6.33. The van der Waals surface area contributed by atoms with E-state index in [9.17, 15) is 9.59 Å². The van der Waals surface area contributed by atoms with Gasteiger partial charge in [-0.1, -0.05) is 12.1 Å². The molecule has 1 fully saturated rings. The third-order valence-electron chi connectivity index (χ3n) is 4.30. The van der Waals surface area contributed by atoms with Crippen LogP contribution in [0.25, 0.3) is 11.3 Å². The number of carboxylic acid groups (broad SMARTS) is 1. The van der Waals surface area contributed by atoms with Crippen molar-refractivity contribution in [1.82, 2.24) is 15.2 Å². The van der Waals surface area contributed by atoms with Crippen molar-refractivity contribution in [3.05, 3.63) is 48.2 Å². The van der Waals surface area contributed by atoms with E-state index >= 15 is 0 Å². The minimum atomic E-state index is -0.250. The van der Waals surface area contributed by atoms with Crippen LogP contribution >= 0.6 is 0 Å². The van der Waals surface area contributed by atoms with Gasteiger partial charge in [-0.3, -0.25) is 19.4 Å². The van der Waals surface area contributed by atoms with Crippen molar-refractivity contribution in [2.24, 2.45) is 0 Å². The number of anilines is 1. The second kappa shape index (κ2) is 10.8. The Hall–Kier alpha value is -3.46. The summed E-state index contributed by atoms with van der Waals surface area (Å²) < 4.78 is 5.60. The maximum atomic E-state index is 12.3. The van der Waals surface area contributed by atoms with E-state index in [-0.39, 0.29) is 24.4 Å². The van der Waals surface area contributed by atoms with E-state index in [0.717, 1.165) is 11.3 Å². The summed E-state index contributed by atoms with van der Waals surface area (Å²) in [5.74, 6) is -0.156. The molecule has 2 heterocycles. The molecule has 9 heteroatoms. The zero-order valence-corrected chi connectivity index (χ0v) is 16.1. The fourth-order valence-corrected chi connectivity index (χ4v) is 2.83. The number of hydrogen-bond donors (Lipinski definition) is 3. The largest absolute Gasteiger partial charge is 0.483 e. The molecular weight excluding hydrogens is 376 g/mol. The number of rotatable bonds is 4. The molecule has 1 atom stereocenters. The van der Waals surface area contributed by atoms with E-state index < -0.39 is 0 Å². The Balaban J connectivity index is 0.000000941. The van der Waals surface area contributed by atoms with Crippen LogP contribution in [0.15, 0.2) is 42.6 Å². The molecule has 2 aromatic rings. The molecule has 1 saturated heterocycles. The van der Waals surface area contributed by atoms with E-state index in [1.807, 2.05) is 12.1 Å². The fourth-order valence-electron chi connectivity index (χ4n) is 2.83. The van der Waals surface area contributed by atoms with Crippen molar-refractivity contribution in [1.29, 1.82) is 0 Å². The van der Waals surface area contributed by atoms with Gasteiger partial charge in [0.05, 0.1) is 18.4 Å². The van der Waals surface area contributed by atoms with Gasteiger partial charge in [0.15, 0.2) is 0 Å². The molecule has 2 amide bonds. The lowest BCUT2D eigenvalue weighted by molar-refractivity contribution is -0.136. The van der Waals surface area contributed by atoms with Gasteiger partial charge in [-0.25, -0.2) is 0 Å². The number of carbonyl (C=O) groups is 3. The predicted molar refractivity (Wildman–Crippen MR) is 107 cm³/mol. The Morgan fingerprint density at radius 1 is 1.34 bits per heavy atom. The maximum absolute atomic E-state index is 12.3. The highest BCUT2D eigenvalue weighted by Crippen LogP contribution is 2.19. The average Bonchev–Trinajstić information content (AvgIpc) is 2.73. The molecule has 9 nitrogen and oxygen atoms in total. The molecular formula is C20H24N4O5. The quantitative estimate of drug-likeness (QED) is 0.652. The van der Waals surface area contributed by atoms with E-state index in [1.54, 1.807) is 35.4 Å². The summed E-state index contributed by atoms with van der Waals surface area (Å²) in [6.45, 7) is 3.23. The van der Waals surface area contributed by atoms with Gasteiger partial charge in [0, 0.05) is 49.6 Å². The standard InChI is InChI=1S/C19H22N4O3.CH2O2/c1-13(24)23-8-9-26-17(12-23)11-22-19(25)15-4-2-14(3-5-15)18-10-16(20)6-7-21-18;2-1-3/h2-7,10,17H,8-9,11-12H2,1H3,(H2,20,21)(H,22,25);1H,(H,2,3). The maximum Gasteiger partial charge on any atom is 0.290 e. The average molecular weight is 400 g/mol. The molecule has 3 rings (SSSR count). The SMILES string of the molecule is CC(=O)N1CCOC(CNC(=O)c2ccc(-c3cc(N)ccn3)cc2)C1.O=CO. The van der Waals surface area contributed by atoms with E-state index in [4.69, 9.17) is 20.4 Å². The number of carbonyl (C=O) groups excluding carboxylic acids is 2. The minimum Gasteiger partial charge on any atom is -0.483 e. The summed E-state index contributed by atoms with van der Waals surface area (Å²) in [4.78, 5) is 38.1. The Kier molecular flexibility index (Phi) is 8.11. The number of nitrogens with zero attached hydrogens (tertiary/aromatic N) is 2. The van der Waals surface area contributed by atoms with Crippen LogP contribution in [0.4, 0.5) is 5.69 Å². The number of nitrogens with one attached hydrogen (secondary N) is 1. The molecule has 4 N–H and O–H groups in total. The molecule has 0 aliphatic carbocycles. The first-order valence-corrected chi connectivity index (χ1v) is 8.99. The summed E-state index contributed by atoms with van der Waals surface area (Å²) in [6, 6.07) is 10.7. The first-order chi connectivity index (χ1) is 13.9. The molecule has 154 valence electrons. The number of benzene rings is 1. The van der Waals surface area contributed by atoms with Gasteiger partial charge in [-0.2, -0.15) is 0 Å². The van der Waals surface area contributed by atoms with E-state index in [1.165, 1.54) is 6.92 Å². The highest BCUT2D eigenvalue weighted by molar-refractivity contribution is 5.94. The number of ether oxygens (including phenoxy) is 1. The van der Waals surface area contributed by atoms with Crippen LogP contribution in [-0.4, -0.2) is 65.6 Å². The van der Waals surface area contributed by atoms with Crippen LogP contribution in [0.1, 0.15) is 17.3 Å². The Labute approximate surface area is 168 Å². The van der Waals surface area contributed by atoms with Crippen LogP contribution in [0.2, 0.25) is 0 Å². The summed E-state index contributed by atoms with van der Waals surface area (Å²) >= 11 is 0. The first kappa shape index (κ1) is 21.8. The van der Waals surface area contributed by atoms with E-state index in [2.05, 4.69) is 10.3 Å². The van der Waals surface area contributed by atoms with Crippen molar-refractivity contribution in [2.75, 3.05) is 32.0 Å². The molecule has 1 aliphatic rings. The van der Waals surface area contributed by atoms with Crippen molar-refractivity contribution < 1.29 is 24.2 Å². The van der Waals surface area contributed by atoms with Crippen LogP contribution in [0.3, 0.4) is 0 Å². The third kappa shape index (κ3) is 6.58. The van der Waals surface area contributed by atoms with Gasteiger partial charge in [0.25, 0.3) is 12.4 Å². The van der Waals surface area contributed by atoms with Crippen molar-refractivity contribution >= 4 is 24.0 Å². The monoisotopic (exact) mass is 400 g/mol. The predicted octanol–water partition coefficient (Wildman–Crippen LogP) is 1.01. The van der Waals surface area contributed by atoms with Gasteiger partial charge in [-0.15, -0.1) is 0 Å². The highest BCUT2D eigenvalue weighted by atomic mass is 16.5. The van der Waals surface area contributed by atoms with E-state index in [0.29, 0.717) is 37.5 Å². The van der Waals surface area contributed by atoms with Crippen molar-refractivity contribution in [3.63, 3.8) is 0 Å². The lowest BCUT2D eigenvalue weighted by Gasteiger charge is -2.32. The van der Waals surface area contributed by atoms with Crippen LogP contribution in [0.5, 0.6) is 0 Å².